The summed E-state index contributed by atoms with van der Waals surface area (Å²) in [5.74, 6) is 0.919. The van der Waals surface area contributed by atoms with E-state index in [9.17, 15) is 9.59 Å². The maximum absolute atomic E-state index is 12.3. The molecule has 1 atom stereocenters. The van der Waals surface area contributed by atoms with Gasteiger partial charge in [-0.3, -0.25) is 4.79 Å². The summed E-state index contributed by atoms with van der Waals surface area (Å²) in [5.41, 5.74) is 5.95. The Morgan fingerprint density at radius 3 is 2.29 bits per heavy atom. The van der Waals surface area contributed by atoms with Crippen molar-refractivity contribution in [3.63, 3.8) is 0 Å². The van der Waals surface area contributed by atoms with E-state index in [4.69, 9.17) is 5.73 Å². The summed E-state index contributed by atoms with van der Waals surface area (Å²) in [6, 6.07) is -0.0587. The van der Waals surface area contributed by atoms with Gasteiger partial charge in [-0.05, 0) is 31.3 Å². The first kappa shape index (κ1) is 21.4. The molecule has 3 amide bonds. The van der Waals surface area contributed by atoms with Gasteiger partial charge in [0.25, 0.3) is 0 Å². The molecule has 2 fully saturated rings. The second-order valence-corrected chi connectivity index (χ2v) is 7.47. The van der Waals surface area contributed by atoms with Gasteiger partial charge in [0.05, 0.1) is 6.04 Å². The summed E-state index contributed by atoms with van der Waals surface area (Å²) in [5, 5.41) is 3.14. The van der Waals surface area contributed by atoms with E-state index >= 15 is 0 Å². The van der Waals surface area contributed by atoms with Crippen molar-refractivity contribution >= 4 is 36.1 Å². The molecule has 0 bridgehead atoms. The number of halogens is 1. The monoisotopic (exact) mass is 378 g/mol. The molecule has 0 aromatic rings. The number of nitrogens with two attached hydrogens (primary N) is 1. The van der Waals surface area contributed by atoms with Crippen LogP contribution < -0.4 is 11.1 Å². The van der Waals surface area contributed by atoms with Gasteiger partial charge in [-0.25, -0.2) is 4.79 Å². The minimum Gasteiger partial charge on any atom is -0.338 e. The molecule has 1 aliphatic carbocycles. The molecule has 0 radical (unpaired) electrons. The first-order chi connectivity index (χ1) is 11.1. The Balaban J connectivity index is 0.00000288. The van der Waals surface area contributed by atoms with Gasteiger partial charge in [-0.1, -0.05) is 19.3 Å². The van der Waals surface area contributed by atoms with Gasteiger partial charge in [-0.2, -0.15) is 11.8 Å². The SMILES string of the molecule is CSCC[C@H](N)C(=O)N1CCN(C(=O)NC2CCCCC2)CC1.Cl. The number of amides is 3. The molecule has 1 saturated carbocycles. The normalized spacial score (nSPS) is 20.2. The third kappa shape index (κ3) is 6.33. The Bertz CT molecular complexity index is 400. The van der Waals surface area contributed by atoms with Crippen LogP contribution in [0.3, 0.4) is 0 Å². The second-order valence-electron chi connectivity index (χ2n) is 6.48. The summed E-state index contributed by atoms with van der Waals surface area (Å²) in [6.45, 7) is 2.37. The van der Waals surface area contributed by atoms with Crippen molar-refractivity contribution < 1.29 is 9.59 Å². The Hall–Kier alpha value is -0.660. The third-order valence-electron chi connectivity index (χ3n) is 4.76. The van der Waals surface area contributed by atoms with Crippen LogP contribution in [-0.4, -0.2) is 72.0 Å². The van der Waals surface area contributed by atoms with Gasteiger partial charge < -0.3 is 20.9 Å². The van der Waals surface area contributed by atoms with Gasteiger partial charge >= 0.3 is 6.03 Å². The fourth-order valence-corrected chi connectivity index (χ4v) is 3.74. The van der Waals surface area contributed by atoms with Crippen molar-refractivity contribution in [2.24, 2.45) is 5.73 Å². The molecule has 3 N–H and O–H groups in total. The smallest absolute Gasteiger partial charge is 0.317 e. The van der Waals surface area contributed by atoms with Gasteiger partial charge in [-0.15, -0.1) is 12.4 Å². The number of carbonyl (C=O) groups excluding carboxylic acids is 2. The lowest BCUT2D eigenvalue weighted by Crippen LogP contribution is -2.57. The van der Waals surface area contributed by atoms with Crippen molar-refractivity contribution in [2.75, 3.05) is 38.2 Å². The number of thioether (sulfide) groups is 1. The van der Waals surface area contributed by atoms with Crippen LogP contribution in [-0.2, 0) is 4.79 Å². The van der Waals surface area contributed by atoms with Crippen molar-refractivity contribution in [3.05, 3.63) is 0 Å². The van der Waals surface area contributed by atoms with E-state index in [2.05, 4.69) is 5.32 Å². The molecule has 0 unspecified atom stereocenters. The average molecular weight is 379 g/mol. The molecule has 6 nitrogen and oxygen atoms in total. The van der Waals surface area contributed by atoms with Crippen LogP contribution in [0.1, 0.15) is 38.5 Å². The van der Waals surface area contributed by atoms with E-state index in [0.29, 0.717) is 38.6 Å². The maximum atomic E-state index is 12.3. The number of nitrogens with zero attached hydrogens (tertiary/aromatic N) is 2. The molecule has 2 aliphatic rings. The molecule has 0 spiro atoms. The zero-order valence-corrected chi connectivity index (χ0v) is 16.2. The standard InChI is InChI=1S/C16H30N4O2S.ClH/c1-23-12-7-14(17)15(21)19-8-10-20(11-9-19)16(22)18-13-5-3-2-4-6-13;/h13-14H,2-12,17H2,1H3,(H,18,22);1H/t14-;/m0./s1. The fraction of sp³-hybridized carbons (Fsp3) is 0.875. The van der Waals surface area contributed by atoms with E-state index in [1.807, 2.05) is 11.2 Å². The minimum absolute atomic E-state index is 0. The van der Waals surface area contributed by atoms with Crippen molar-refractivity contribution in [1.29, 1.82) is 0 Å². The summed E-state index contributed by atoms with van der Waals surface area (Å²) in [6.07, 6.45) is 8.61. The van der Waals surface area contributed by atoms with Crippen molar-refractivity contribution in [1.82, 2.24) is 15.1 Å². The Morgan fingerprint density at radius 2 is 1.71 bits per heavy atom. The quantitative estimate of drug-likeness (QED) is 0.762. The lowest BCUT2D eigenvalue weighted by molar-refractivity contribution is -0.134. The fourth-order valence-electron chi connectivity index (χ4n) is 3.25. The molecule has 0 aromatic heterocycles. The second kappa shape index (κ2) is 11.1. The molecule has 1 saturated heterocycles. The van der Waals surface area contributed by atoms with Crippen LogP contribution in [0.5, 0.6) is 0 Å². The molecule has 24 heavy (non-hydrogen) atoms. The van der Waals surface area contributed by atoms with E-state index in [1.165, 1.54) is 19.3 Å². The van der Waals surface area contributed by atoms with Crippen LogP contribution in [0, 0.1) is 0 Å². The molecule has 1 heterocycles. The van der Waals surface area contributed by atoms with Crippen LogP contribution in [0.2, 0.25) is 0 Å². The summed E-state index contributed by atoms with van der Waals surface area (Å²) in [7, 11) is 0. The van der Waals surface area contributed by atoms with Gasteiger partial charge in [0.1, 0.15) is 0 Å². The number of hydrogen-bond donors (Lipinski definition) is 2. The average Bonchev–Trinajstić information content (AvgIpc) is 2.60. The maximum Gasteiger partial charge on any atom is 0.317 e. The highest BCUT2D eigenvalue weighted by Crippen LogP contribution is 2.17. The molecule has 1 aliphatic heterocycles. The molecule has 0 aromatic carbocycles. The molecular formula is C16H31ClN4O2S. The van der Waals surface area contributed by atoms with Gasteiger partial charge in [0.2, 0.25) is 5.91 Å². The largest absolute Gasteiger partial charge is 0.338 e. The highest BCUT2D eigenvalue weighted by atomic mass is 35.5. The predicted octanol–water partition coefficient (Wildman–Crippen LogP) is 1.68. The molecule has 8 heteroatoms. The van der Waals surface area contributed by atoms with Crippen molar-refractivity contribution in [3.8, 4) is 0 Å². The predicted molar refractivity (Wildman–Crippen MR) is 102 cm³/mol. The number of carbonyl (C=O) groups is 2. The molecule has 140 valence electrons. The Kier molecular flexibility index (Phi) is 9.85. The lowest BCUT2D eigenvalue weighted by Gasteiger charge is -2.37. The van der Waals surface area contributed by atoms with Crippen LogP contribution >= 0.6 is 24.2 Å². The number of hydrogen-bond acceptors (Lipinski definition) is 4. The van der Waals surface area contributed by atoms with Crippen molar-refractivity contribution in [2.45, 2.75) is 50.6 Å². The van der Waals surface area contributed by atoms with Gasteiger partial charge in [0.15, 0.2) is 0 Å². The van der Waals surface area contributed by atoms with Crippen LogP contribution in [0.4, 0.5) is 4.79 Å². The summed E-state index contributed by atoms with van der Waals surface area (Å²) >= 11 is 1.70. The zero-order valence-electron chi connectivity index (χ0n) is 14.5. The minimum atomic E-state index is -0.412. The van der Waals surface area contributed by atoms with Crippen LogP contribution in [0.25, 0.3) is 0 Å². The molecular weight excluding hydrogens is 348 g/mol. The van der Waals surface area contributed by atoms with E-state index in [1.54, 1.807) is 16.7 Å². The zero-order chi connectivity index (χ0) is 16.7. The third-order valence-corrected chi connectivity index (χ3v) is 5.41. The topological polar surface area (TPSA) is 78.7 Å². The van der Waals surface area contributed by atoms with E-state index in [0.717, 1.165) is 18.6 Å². The first-order valence-electron chi connectivity index (χ1n) is 8.70. The highest BCUT2D eigenvalue weighted by Gasteiger charge is 2.28. The number of piperazine rings is 1. The number of rotatable bonds is 5. The highest BCUT2D eigenvalue weighted by molar-refractivity contribution is 7.98. The van der Waals surface area contributed by atoms with Gasteiger partial charge in [0, 0.05) is 32.2 Å². The Morgan fingerprint density at radius 1 is 1.12 bits per heavy atom. The van der Waals surface area contributed by atoms with E-state index < -0.39 is 6.04 Å². The number of nitrogens with one attached hydrogen (secondary N) is 1. The first-order valence-corrected chi connectivity index (χ1v) is 10.1. The van der Waals surface area contributed by atoms with E-state index in [-0.39, 0.29) is 24.3 Å². The van der Waals surface area contributed by atoms with Crippen LogP contribution in [0.15, 0.2) is 0 Å². The lowest BCUT2D eigenvalue weighted by atomic mass is 9.96. The Labute approximate surface area is 155 Å². The molecule has 2 rings (SSSR count). The number of urea groups is 1. The summed E-state index contributed by atoms with van der Waals surface area (Å²) in [4.78, 5) is 28.2. The summed E-state index contributed by atoms with van der Waals surface area (Å²) < 4.78 is 0.